The van der Waals surface area contributed by atoms with E-state index in [1.165, 1.54) is 0 Å². The fourth-order valence-corrected chi connectivity index (χ4v) is 2.55. The summed E-state index contributed by atoms with van der Waals surface area (Å²) in [6, 6.07) is 8.63. The largest absolute Gasteiger partial charge is 0.399 e. The molecule has 0 spiro atoms. The number of benzene rings is 2. The summed E-state index contributed by atoms with van der Waals surface area (Å²) in [6.45, 7) is 0. The zero-order valence-corrected chi connectivity index (χ0v) is 12.3. The Labute approximate surface area is 129 Å². The minimum absolute atomic E-state index is 0.00210. The summed E-state index contributed by atoms with van der Waals surface area (Å²) in [5.41, 5.74) is 5.84. The molecule has 3 N–H and O–H groups in total. The highest BCUT2D eigenvalue weighted by atomic mass is 35.5. The lowest BCUT2D eigenvalue weighted by atomic mass is 10.3. The van der Waals surface area contributed by atoms with Crippen molar-refractivity contribution in [1.29, 1.82) is 0 Å². The zero-order valence-electron chi connectivity index (χ0n) is 10.7. The Morgan fingerprint density at radius 3 is 2.52 bits per heavy atom. The van der Waals surface area contributed by atoms with Crippen molar-refractivity contribution < 1.29 is 13.6 Å². The minimum Gasteiger partial charge on any atom is -0.399 e. The van der Waals surface area contributed by atoms with Crippen molar-refractivity contribution in [2.75, 3.05) is 16.8 Å². The highest BCUT2D eigenvalue weighted by molar-refractivity contribution is 8.00. The lowest BCUT2D eigenvalue weighted by Crippen LogP contribution is -2.14. The molecule has 7 heteroatoms. The van der Waals surface area contributed by atoms with Gasteiger partial charge in [0.2, 0.25) is 5.91 Å². The number of nitrogen functional groups attached to an aromatic ring is 1. The van der Waals surface area contributed by atoms with Gasteiger partial charge in [-0.3, -0.25) is 4.79 Å². The van der Waals surface area contributed by atoms with E-state index in [2.05, 4.69) is 5.32 Å². The van der Waals surface area contributed by atoms with Gasteiger partial charge in [0.25, 0.3) is 0 Å². The highest BCUT2D eigenvalue weighted by Crippen LogP contribution is 2.27. The number of carbonyl (C=O) groups excluding carboxylic acids is 1. The number of anilines is 2. The second-order valence-corrected chi connectivity index (χ2v) is 5.58. The van der Waals surface area contributed by atoms with Gasteiger partial charge in [0.1, 0.15) is 11.6 Å². The summed E-state index contributed by atoms with van der Waals surface area (Å²) >= 11 is 6.55. The van der Waals surface area contributed by atoms with Crippen LogP contribution in [0, 0.1) is 11.6 Å². The summed E-state index contributed by atoms with van der Waals surface area (Å²) in [6.07, 6.45) is 0. The van der Waals surface area contributed by atoms with Crippen LogP contribution >= 0.6 is 23.4 Å². The number of halogens is 3. The second kappa shape index (κ2) is 6.78. The van der Waals surface area contributed by atoms with E-state index in [4.69, 9.17) is 17.3 Å². The fourth-order valence-electron chi connectivity index (χ4n) is 1.62. The first-order chi connectivity index (χ1) is 9.95. The van der Waals surface area contributed by atoms with Crippen LogP contribution in [0.15, 0.2) is 41.3 Å². The van der Waals surface area contributed by atoms with E-state index in [0.29, 0.717) is 10.7 Å². The quantitative estimate of drug-likeness (QED) is 0.660. The van der Waals surface area contributed by atoms with E-state index >= 15 is 0 Å². The van der Waals surface area contributed by atoms with Gasteiger partial charge in [0.15, 0.2) is 0 Å². The van der Waals surface area contributed by atoms with E-state index in [0.717, 1.165) is 23.9 Å². The van der Waals surface area contributed by atoms with Crippen molar-refractivity contribution in [3.63, 3.8) is 0 Å². The predicted octanol–water partition coefficient (Wildman–Crippen LogP) is 3.93. The molecule has 0 heterocycles. The van der Waals surface area contributed by atoms with E-state index in [1.807, 2.05) is 0 Å². The fraction of sp³-hybridized carbons (Fsp3) is 0.0714. The first-order valence-electron chi connectivity index (χ1n) is 5.88. The average Bonchev–Trinajstić information content (AvgIpc) is 2.37. The van der Waals surface area contributed by atoms with Crippen molar-refractivity contribution in [2.45, 2.75) is 4.90 Å². The van der Waals surface area contributed by atoms with Crippen LogP contribution in [-0.2, 0) is 4.79 Å². The molecule has 0 radical (unpaired) electrons. The molecule has 0 aliphatic heterocycles. The molecular formula is C14H11ClF2N2OS. The summed E-state index contributed by atoms with van der Waals surface area (Å²) < 4.78 is 27.1. The van der Waals surface area contributed by atoms with Gasteiger partial charge < -0.3 is 11.1 Å². The number of nitrogens with one attached hydrogen (secondary N) is 1. The standard InChI is InChI=1S/C14H11ClF2N2OS/c15-8-2-1-3-10(4-8)19-13(20)7-21-14-11(16)5-9(18)6-12(14)17/h1-6H,7,18H2,(H,19,20). The Balaban J connectivity index is 1.99. The number of hydrogen-bond donors (Lipinski definition) is 2. The Hall–Kier alpha value is -1.79. The summed E-state index contributed by atoms with van der Waals surface area (Å²) in [5.74, 6) is -2.09. The summed E-state index contributed by atoms with van der Waals surface area (Å²) in [7, 11) is 0. The molecule has 0 bridgehead atoms. The molecular weight excluding hydrogens is 318 g/mol. The first kappa shape index (κ1) is 15.6. The maximum Gasteiger partial charge on any atom is 0.234 e. The van der Waals surface area contributed by atoms with Gasteiger partial charge in [-0.05, 0) is 30.3 Å². The van der Waals surface area contributed by atoms with Gasteiger partial charge in [-0.2, -0.15) is 0 Å². The van der Waals surface area contributed by atoms with Gasteiger partial charge in [-0.15, -0.1) is 11.8 Å². The Morgan fingerprint density at radius 2 is 1.90 bits per heavy atom. The van der Waals surface area contributed by atoms with Crippen molar-refractivity contribution in [3.05, 3.63) is 53.1 Å². The van der Waals surface area contributed by atoms with Gasteiger partial charge in [-0.1, -0.05) is 17.7 Å². The Bertz CT molecular complexity index is 659. The van der Waals surface area contributed by atoms with E-state index in [1.54, 1.807) is 24.3 Å². The first-order valence-corrected chi connectivity index (χ1v) is 7.25. The maximum absolute atomic E-state index is 13.6. The SMILES string of the molecule is Nc1cc(F)c(SCC(=O)Nc2cccc(Cl)c2)c(F)c1. The van der Waals surface area contributed by atoms with E-state index < -0.39 is 17.5 Å². The lowest BCUT2D eigenvalue weighted by Gasteiger charge is -2.07. The van der Waals surface area contributed by atoms with Gasteiger partial charge in [0, 0.05) is 16.4 Å². The molecule has 0 saturated carbocycles. The average molecular weight is 329 g/mol. The number of carbonyl (C=O) groups is 1. The molecule has 21 heavy (non-hydrogen) atoms. The molecule has 0 atom stereocenters. The number of thioether (sulfide) groups is 1. The number of rotatable bonds is 4. The zero-order chi connectivity index (χ0) is 15.4. The number of nitrogens with two attached hydrogens (primary N) is 1. The topological polar surface area (TPSA) is 55.1 Å². The molecule has 2 aromatic rings. The molecule has 0 aromatic heterocycles. The van der Waals surface area contributed by atoms with Crippen LogP contribution in [0.25, 0.3) is 0 Å². The van der Waals surface area contributed by atoms with Crippen molar-refractivity contribution in [3.8, 4) is 0 Å². The lowest BCUT2D eigenvalue weighted by molar-refractivity contribution is -0.113. The molecule has 0 aliphatic rings. The van der Waals surface area contributed by atoms with Crippen LogP contribution in [-0.4, -0.2) is 11.7 Å². The third-order valence-electron chi connectivity index (χ3n) is 2.48. The van der Waals surface area contributed by atoms with E-state index in [9.17, 15) is 13.6 Å². The predicted molar refractivity (Wildman–Crippen MR) is 81.6 cm³/mol. The Morgan fingerprint density at radius 1 is 1.24 bits per heavy atom. The van der Waals surface area contributed by atoms with Crippen LogP contribution in [0.2, 0.25) is 5.02 Å². The van der Waals surface area contributed by atoms with Crippen molar-refractivity contribution in [2.24, 2.45) is 0 Å². The smallest absolute Gasteiger partial charge is 0.234 e. The summed E-state index contributed by atoms with van der Waals surface area (Å²) in [4.78, 5) is 11.5. The highest BCUT2D eigenvalue weighted by Gasteiger charge is 2.13. The molecule has 1 amide bonds. The molecule has 0 unspecified atom stereocenters. The third kappa shape index (κ3) is 4.34. The molecule has 3 nitrogen and oxygen atoms in total. The molecule has 110 valence electrons. The monoisotopic (exact) mass is 328 g/mol. The molecule has 0 aliphatic carbocycles. The van der Waals surface area contributed by atoms with Crippen LogP contribution in [0.1, 0.15) is 0 Å². The van der Waals surface area contributed by atoms with Crippen LogP contribution in [0.4, 0.5) is 20.2 Å². The molecule has 0 fully saturated rings. The van der Waals surface area contributed by atoms with Gasteiger partial charge >= 0.3 is 0 Å². The Kier molecular flexibility index (Phi) is 5.03. The van der Waals surface area contributed by atoms with E-state index in [-0.39, 0.29) is 16.3 Å². The third-order valence-corrected chi connectivity index (χ3v) is 3.80. The number of amides is 1. The van der Waals surface area contributed by atoms with Crippen molar-refractivity contribution in [1.82, 2.24) is 0 Å². The minimum atomic E-state index is -0.784. The van der Waals surface area contributed by atoms with Gasteiger partial charge in [0.05, 0.1) is 10.6 Å². The molecule has 0 saturated heterocycles. The normalized spacial score (nSPS) is 10.4. The van der Waals surface area contributed by atoms with Crippen LogP contribution < -0.4 is 11.1 Å². The van der Waals surface area contributed by atoms with Crippen molar-refractivity contribution >= 4 is 40.6 Å². The summed E-state index contributed by atoms with van der Waals surface area (Å²) in [5, 5.41) is 3.07. The molecule has 2 aromatic carbocycles. The number of hydrogen-bond acceptors (Lipinski definition) is 3. The van der Waals surface area contributed by atoms with Gasteiger partial charge in [-0.25, -0.2) is 8.78 Å². The molecule has 2 rings (SSSR count). The second-order valence-electron chi connectivity index (χ2n) is 4.16. The van der Waals surface area contributed by atoms with Crippen LogP contribution in [0.3, 0.4) is 0 Å². The van der Waals surface area contributed by atoms with Crippen LogP contribution in [0.5, 0.6) is 0 Å². The maximum atomic E-state index is 13.6.